The van der Waals surface area contributed by atoms with Crippen LogP contribution in [0.3, 0.4) is 0 Å². The highest BCUT2D eigenvalue weighted by molar-refractivity contribution is 6.00. The van der Waals surface area contributed by atoms with Crippen molar-refractivity contribution in [1.82, 2.24) is 4.90 Å². The molecule has 1 fully saturated rings. The van der Waals surface area contributed by atoms with Crippen molar-refractivity contribution < 1.29 is 27.5 Å². The smallest absolute Gasteiger partial charge is 0.471 e. The van der Waals surface area contributed by atoms with Gasteiger partial charge in [-0.15, -0.1) is 0 Å². The number of carbonyl (C=O) groups excluding carboxylic acids is 2. The van der Waals surface area contributed by atoms with Crippen LogP contribution in [-0.2, 0) is 15.0 Å². The lowest BCUT2D eigenvalue weighted by Crippen LogP contribution is -2.44. The third-order valence-electron chi connectivity index (χ3n) is 4.81. The van der Waals surface area contributed by atoms with Crippen molar-refractivity contribution in [3.8, 4) is 5.75 Å². The molecular weight excluding hydrogens is 325 g/mol. The molecule has 8 heteroatoms. The Morgan fingerprint density at radius 3 is 2.50 bits per heavy atom. The van der Waals surface area contributed by atoms with E-state index in [0.29, 0.717) is 30.8 Å². The first-order chi connectivity index (χ1) is 11.2. The number of nitrogens with zero attached hydrogens (tertiary/aromatic N) is 2. The van der Waals surface area contributed by atoms with Crippen LogP contribution in [0.25, 0.3) is 0 Å². The molecule has 1 aromatic rings. The van der Waals surface area contributed by atoms with Crippen LogP contribution in [0.5, 0.6) is 5.75 Å². The number of alkyl halides is 3. The number of ether oxygens (including phenoxy) is 1. The van der Waals surface area contributed by atoms with Crippen molar-refractivity contribution in [3.05, 3.63) is 23.8 Å². The van der Waals surface area contributed by atoms with Gasteiger partial charge in [-0.05, 0) is 30.2 Å². The number of amides is 2. The molecule has 3 rings (SSSR count). The van der Waals surface area contributed by atoms with Gasteiger partial charge in [0.05, 0.1) is 7.11 Å². The highest BCUT2D eigenvalue weighted by atomic mass is 19.4. The lowest BCUT2D eigenvalue weighted by molar-refractivity contribution is -0.170. The molecule has 5 nitrogen and oxygen atoms in total. The number of benzene rings is 1. The summed E-state index contributed by atoms with van der Waals surface area (Å²) in [6, 6.07) is 4.68. The van der Waals surface area contributed by atoms with E-state index >= 15 is 0 Å². The third-order valence-corrected chi connectivity index (χ3v) is 4.81. The minimum atomic E-state index is -4.94. The maximum absolute atomic E-state index is 12.9. The monoisotopic (exact) mass is 342 g/mol. The second kappa shape index (κ2) is 5.39. The predicted molar refractivity (Wildman–Crippen MR) is 80.0 cm³/mol. The molecule has 0 bridgehead atoms. The van der Waals surface area contributed by atoms with Gasteiger partial charge in [-0.2, -0.15) is 13.2 Å². The van der Waals surface area contributed by atoms with Crippen LogP contribution in [0.1, 0.15) is 18.9 Å². The first-order valence-electron chi connectivity index (χ1n) is 7.51. The summed E-state index contributed by atoms with van der Waals surface area (Å²) >= 11 is 0. The second-order valence-corrected chi connectivity index (χ2v) is 6.24. The SMILES string of the molecule is COc1ccc2c(c1)C1(CCN(C(C)=O)C1)CN2C(=O)C(F)(F)F. The summed E-state index contributed by atoms with van der Waals surface area (Å²) in [7, 11) is 1.47. The molecular formula is C16H17F3N2O3. The van der Waals surface area contributed by atoms with E-state index in [9.17, 15) is 22.8 Å². The van der Waals surface area contributed by atoms with E-state index in [1.165, 1.54) is 26.2 Å². The van der Waals surface area contributed by atoms with Gasteiger partial charge in [-0.25, -0.2) is 0 Å². The topological polar surface area (TPSA) is 49.9 Å². The average Bonchev–Trinajstić information content (AvgIpc) is 3.09. The molecule has 1 unspecified atom stereocenters. The number of anilines is 1. The van der Waals surface area contributed by atoms with Crippen LogP contribution in [0.15, 0.2) is 18.2 Å². The molecule has 1 saturated heterocycles. The second-order valence-electron chi connectivity index (χ2n) is 6.24. The summed E-state index contributed by atoms with van der Waals surface area (Å²) in [5.41, 5.74) is 0.183. The first kappa shape index (κ1) is 16.6. The van der Waals surface area contributed by atoms with Crippen molar-refractivity contribution in [2.24, 2.45) is 0 Å². The highest BCUT2D eigenvalue weighted by Crippen LogP contribution is 2.48. The van der Waals surface area contributed by atoms with Crippen molar-refractivity contribution in [2.75, 3.05) is 31.6 Å². The van der Waals surface area contributed by atoms with Crippen LogP contribution in [0.2, 0.25) is 0 Å². The fourth-order valence-electron chi connectivity index (χ4n) is 3.60. The van der Waals surface area contributed by atoms with E-state index in [-0.39, 0.29) is 18.1 Å². The van der Waals surface area contributed by atoms with Crippen molar-refractivity contribution in [2.45, 2.75) is 24.9 Å². The summed E-state index contributed by atoms with van der Waals surface area (Å²) in [6.45, 7) is 2.10. The Morgan fingerprint density at radius 2 is 1.96 bits per heavy atom. The van der Waals surface area contributed by atoms with E-state index in [2.05, 4.69) is 0 Å². The number of hydrogen-bond acceptors (Lipinski definition) is 3. The zero-order valence-corrected chi connectivity index (χ0v) is 13.3. The molecule has 130 valence electrons. The number of carbonyl (C=O) groups is 2. The van der Waals surface area contributed by atoms with E-state index in [1.54, 1.807) is 11.0 Å². The minimum absolute atomic E-state index is 0.0857. The van der Waals surface area contributed by atoms with E-state index in [1.807, 2.05) is 0 Å². The number of halogens is 3. The van der Waals surface area contributed by atoms with E-state index in [0.717, 1.165) is 4.90 Å². The van der Waals surface area contributed by atoms with Gasteiger partial charge in [0, 0.05) is 37.7 Å². The Labute approximate surface area is 137 Å². The molecule has 2 aliphatic heterocycles. The number of rotatable bonds is 1. The Kier molecular flexibility index (Phi) is 3.73. The largest absolute Gasteiger partial charge is 0.497 e. The van der Waals surface area contributed by atoms with Gasteiger partial charge < -0.3 is 14.5 Å². The molecule has 0 saturated carbocycles. The third kappa shape index (κ3) is 2.50. The average molecular weight is 342 g/mol. The summed E-state index contributed by atoms with van der Waals surface area (Å²) in [4.78, 5) is 25.8. The molecule has 2 aliphatic rings. The highest BCUT2D eigenvalue weighted by Gasteiger charge is 2.53. The molecule has 0 aliphatic carbocycles. The molecule has 24 heavy (non-hydrogen) atoms. The fraction of sp³-hybridized carbons (Fsp3) is 0.500. The number of likely N-dealkylation sites (tertiary alicyclic amines) is 1. The van der Waals surface area contributed by atoms with Crippen molar-refractivity contribution in [1.29, 1.82) is 0 Å². The Hall–Kier alpha value is -2.25. The number of methoxy groups -OCH3 is 1. The van der Waals surface area contributed by atoms with Gasteiger partial charge in [-0.3, -0.25) is 9.59 Å². The summed E-state index contributed by atoms with van der Waals surface area (Å²) < 4.78 is 44.0. The molecule has 0 aromatic heterocycles. The van der Waals surface area contributed by atoms with Crippen LogP contribution in [0, 0.1) is 0 Å². The zero-order chi connectivity index (χ0) is 17.7. The summed E-state index contributed by atoms with van der Waals surface area (Å²) in [5, 5.41) is 0. The maximum atomic E-state index is 12.9. The molecule has 1 aromatic carbocycles. The Morgan fingerprint density at radius 1 is 1.25 bits per heavy atom. The van der Waals surface area contributed by atoms with Gasteiger partial charge in [0.2, 0.25) is 5.91 Å². The van der Waals surface area contributed by atoms with Crippen LogP contribution in [0.4, 0.5) is 18.9 Å². The number of fused-ring (bicyclic) bond motifs is 2. The van der Waals surface area contributed by atoms with E-state index in [4.69, 9.17) is 4.74 Å². The lowest BCUT2D eigenvalue weighted by Gasteiger charge is -2.25. The van der Waals surface area contributed by atoms with Gasteiger partial charge >= 0.3 is 12.1 Å². The van der Waals surface area contributed by atoms with Gasteiger partial charge in [0.15, 0.2) is 0 Å². The lowest BCUT2D eigenvalue weighted by atomic mass is 9.81. The molecule has 0 N–H and O–H groups in total. The molecule has 1 spiro atoms. The standard InChI is InChI=1S/C16H17F3N2O3/c1-10(22)20-6-5-15(8-20)9-21(14(23)16(17,18)19)13-4-3-11(24-2)7-12(13)15/h3-4,7H,5-6,8-9H2,1-2H3. The van der Waals surface area contributed by atoms with Crippen molar-refractivity contribution in [3.63, 3.8) is 0 Å². The quantitative estimate of drug-likeness (QED) is 0.785. The fourth-order valence-corrected chi connectivity index (χ4v) is 3.60. The van der Waals surface area contributed by atoms with Crippen LogP contribution >= 0.6 is 0 Å². The predicted octanol–water partition coefficient (Wildman–Crippen LogP) is 2.09. The zero-order valence-electron chi connectivity index (χ0n) is 13.3. The van der Waals surface area contributed by atoms with Crippen molar-refractivity contribution >= 4 is 17.5 Å². The van der Waals surface area contributed by atoms with Crippen LogP contribution in [-0.4, -0.2) is 49.6 Å². The maximum Gasteiger partial charge on any atom is 0.471 e. The Bertz CT molecular complexity index is 704. The molecule has 1 atom stereocenters. The minimum Gasteiger partial charge on any atom is -0.497 e. The van der Waals surface area contributed by atoms with Gasteiger partial charge in [-0.1, -0.05) is 0 Å². The first-order valence-corrected chi connectivity index (χ1v) is 7.51. The molecule has 2 heterocycles. The van der Waals surface area contributed by atoms with Crippen LogP contribution < -0.4 is 9.64 Å². The summed E-state index contributed by atoms with van der Waals surface area (Å²) in [5.74, 6) is -1.50. The molecule has 2 amide bonds. The number of hydrogen-bond donors (Lipinski definition) is 0. The van der Waals surface area contributed by atoms with Gasteiger partial charge in [0.1, 0.15) is 5.75 Å². The van der Waals surface area contributed by atoms with Gasteiger partial charge in [0.25, 0.3) is 0 Å². The summed E-state index contributed by atoms with van der Waals surface area (Å²) in [6.07, 6.45) is -4.43. The normalized spacial score (nSPS) is 22.9. The van der Waals surface area contributed by atoms with E-state index < -0.39 is 17.5 Å². The molecule has 0 radical (unpaired) electrons. The Balaban J connectivity index is 2.06.